The van der Waals surface area contributed by atoms with Crippen molar-refractivity contribution in [2.75, 3.05) is 20.3 Å². The first-order chi connectivity index (χ1) is 12.1. The molecule has 130 valence electrons. The smallest absolute Gasteiger partial charge is 0.241 e. The molecule has 3 aromatic rings. The number of rotatable bonds is 6. The molecule has 2 heterocycles. The molecule has 6 nitrogen and oxygen atoms in total. The Bertz CT molecular complexity index is 890. The lowest BCUT2D eigenvalue weighted by Gasteiger charge is -2.06. The zero-order chi connectivity index (χ0) is 17.8. The predicted octanol–water partition coefficient (Wildman–Crippen LogP) is 2.31. The van der Waals surface area contributed by atoms with Crippen LogP contribution in [0.1, 0.15) is 5.69 Å². The van der Waals surface area contributed by atoms with E-state index in [9.17, 15) is 9.18 Å². The minimum absolute atomic E-state index is 0.0773. The van der Waals surface area contributed by atoms with Crippen molar-refractivity contribution in [3.63, 3.8) is 0 Å². The SMILES string of the molecule is COCCNC(=O)Cn1nc(C)c2c(-c3ccc(F)cc3)ccnc21. The molecule has 0 aliphatic carbocycles. The highest BCUT2D eigenvalue weighted by Gasteiger charge is 2.15. The molecule has 1 aromatic carbocycles. The molecule has 0 fully saturated rings. The number of aryl methyl sites for hydroxylation is 1. The summed E-state index contributed by atoms with van der Waals surface area (Å²) in [5.74, 6) is -0.440. The highest BCUT2D eigenvalue weighted by Crippen LogP contribution is 2.29. The number of amides is 1. The fraction of sp³-hybridized carbons (Fsp3) is 0.278. The zero-order valence-electron chi connectivity index (χ0n) is 14.1. The Hall–Kier alpha value is -2.80. The molecule has 0 saturated heterocycles. The van der Waals surface area contributed by atoms with Gasteiger partial charge in [-0.2, -0.15) is 5.10 Å². The topological polar surface area (TPSA) is 69.0 Å². The lowest BCUT2D eigenvalue weighted by atomic mass is 10.0. The number of carbonyl (C=O) groups is 1. The van der Waals surface area contributed by atoms with Crippen molar-refractivity contribution in [1.29, 1.82) is 0 Å². The molecule has 7 heteroatoms. The van der Waals surface area contributed by atoms with E-state index in [1.807, 2.05) is 13.0 Å². The monoisotopic (exact) mass is 342 g/mol. The number of methoxy groups -OCH3 is 1. The number of fused-ring (bicyclic) bond motifs is 1. The number of hydrogen-bond acceptors (Lipinski definition) is 4. The third kappa shape index (κ3) is 3.66. The van der Waals surface area contributed by atoms with E-state index in [-0.39, 0.29) is 18.3 Å². The number of hydrogen-bond donors (Lipinski definition) is 1. The van der Waals surface area contributed by atoms with Crippen LogP contribution in [-0.4, -0.2) is 40.9 Å². The lowest BCUT2D eigenvalue weighted by molar-refractivity contribution is -0.121. The fourth-order valence-electron chi connectivity index (χ4n) is 2.75. The van der Waals surface area contributed by atoms with Gasteiger partial charge in [0.05, 0.1) is 12.3 Å². The summed E-state index contributed by atoms with van der Waals surface area (Å²) >= 11 is 0. The Balaban J connectivity index is 1.94. The number of halogens is 1. The normalized spacial score (nSPS) is 11.0. The maximum absolute atomic E-state index is 13.2. The summed E-state index contributed by atoms with van der Waals surface area (Å²) < 4.78 is 19.7. The van der Waals surface area contributed by atoms with Crippen molar-refractivity contribution < 1.29 is 13.9 Å². The second-order valence-electron chi connectivity index (χ2n) is 5.65. The second kappa shape index (κ2) is 7.40. The van der Waals surface area contributed by atoms with Crippen molar-refractivity contribution in [1.82, 2.24) is 20.1 Å². The van der Waals surface area contributed by atoms with Gasteiger partial charge in [0.25, 0.3) is 0 Å². The Labute approximate surface area is 144 Å². The minimum atomic E-state index is -0.283. The molecule has 0 aliphatic heterocycles. The van der Waals surface area contributed by atoms with Gasteiger partial charge < -0.3 is 10.1 Å². The molecule has 0 unspecified atom stereocenters. The highest BCUT2D eigenvalue weighted by molar-refractivity contribution is 5.95. The van der Waals surface area contributed by atoms with Gasteiger partial charge in [-0.15, -0.1) is 0 Å². The average Bonchev–Trinajstić information content (AvgIpc) is 2.92. The van der Waals surface area contributed by atoms with E-state index in [4.69, 9.17) is 4.74 Å². The van der Waals surface area contributed by atoms with E-state index in [0.717, 1.165) is 22.2 Å². The first-order valence-electron chi connectivity index (χ1n) is 7.94. The Kier molecular flexibility index (Phi) is 5.04. The first-order valence-corrected chi connectivity index (χ1v) is 7.94. The van der Waals surface area contributed by atoms with Crippen LogP contribution >= 0.6 is 0 Å². The maximum Gasteiger partial charge on any atom is 0.241 e. The first kappa shape index (κ1) is 17.0. The van der Waals surface area contributed by atoms with Crippen LogP contribution < -0.4 is 5.32 Å². The summed E-state index contributed by atoms with van der Waals surface area (Å²) in [5.41, 5.74) is 3.18. The number of pyridine rings is 1. The standard InChI is InChI=1S/C18H19FN4O2/c1-12-17-15(13-3-5-14(19)6-4-13)7-8-21-18(17)23(22-12)11-16(24)20-9-10-25-2/h3-8H,9-11H2,1-2H3,(H,20,24). The van der Waals surface area contributed by atoms with Gasteiger partial charge in [-0.3, -0.25) is 4.79 Å². The predicted molar refractivity (Wildman–Crippen MR) is 92.5 cm³/mol. The minimum Gasteiger partial charge on any atom is -0.383 e. The largest absolute Gasteiger partial charge is 0.383 e. The molecule has 0 radical (unpaired) electrons. The number of carbonyl (C=O) groups excluding carboxylic acids is 1. The van der Waals surface area contributed by atoms with Crippen LogP contribution in [0.15, 0.2) is 36.5 Å². The Morgan fingerprint density at radius 3 is 2.76 bits per heavy atom. The number of aromatic nitrogens is 3. The zero-order valence-corrected chi connectivity index (χ0v) is 14.1. The van der Waals surface area contributed by atoms with Crippen LogP contribution in [0.5, 0.6) is 0 Å². The molecule has 0 aliphatic rings. The van der Waals surface area contributed by atoms with E-state index in [2.05, 4.69) is 15.4 Å². The lowest BCUT2D eigenvalue weighted by Crippen LogP contribution is -2.30. The van der Waals surface area contributed by atoms with Crippen molar-refractivity contribution in [3.8, 4) is 11.1 Å². The number of benzene rings is 1. The van der Waals surface area contributed by atoms with Gasteiger partial charge in [0.1, 0.15) is 12.4 Å². The average molecular weight is 342 g/mol. The quantitative estimate of drug-likeness (QED) is 0.698. The van der Waals surface area contributed by atoms with Crippen molar-refractivity contribution >= 4 is 16.9 Å². The summed E-state index contributed by atoms with van der Waals surface area (Å²) in [6, 6.07) is 8.15. The van der Waals surface area contributed by atoms with Gasteiger partial charge in [-0.05, 0) is 36.2 Å². The Morgan fingerprint density at radius 1 is 1.28 bits per heavy atom. The number of ether oxygens (including phenoxy) is 1. The van der Waals surface area contributed by atoms with Crippen LogP contribution in [0.4, 0.5) is 4.39 Å². The summed E-state index contributed by atoms with van der Waals surface area (Å²) in [5, 5.41) is 8.07. The van der Waals surface area contributed by atoms with Crippen molar-refractivity contribution in [3.05, 3.63) is 48.0 Å². The molecule has 3 rings (SSSR count). The van der Waals surface area contributed by atoms with E-state index < -0.39 is 0 Å². The van der Waals surface area contributed by atoms with Gasteiger partial charge in [-0.1, -0.05) is 12.1 Å². The molecular formula is C18H19FN4O2. The Morgan fingerprint density at radius 2 is 2.04 bits per heavy atom. The van der Waals surface area contributed by atoms with Crippen molar-refractivity contribution in [2.45, 2.75) is 13.5 Å². The highest BCUT2D eigenvalue weighted by atomic mass is 19.1. The molecule has 1 amide bonds. The van der Waals surface area contributed by atoms with Crippen LogP contribution in [0.3, 0.4) is 0 Å². The molecule has 0 bridgehead atoms. The van der Waals surface area contributed by atoms with Gasteiger partial charge in [0.2, 0.25) is 5.91 Å². The number of nitrogens with one attached hydrogen (secondary N) is 1. The van der Waals surface area contributed by atoms with Gasteiger partial charge >= 0.3 is 0 Å². The fourth-order valence-corrected chi connectivity index (χ4v) is 2.75. The van der Waals surface area contributed by atoms with Crippen LogP contribution in [0, 0.1) is 12.7 Å². The third-order valence-corrected chi connectivity index (χ3v) is 3.88. The van der Waals surface area contributed by atoms with Gasteiger partial charge in [0.15, 0.2) is 5.65 Å². The van der Waals surface area contributed by atoms with Gasteiger partial charge in [0, 0.05) is 25.2 Å². The maximum atomic E-state index is 13.2. The van der Waals surface area contributed by atoms with Crippen LogP contribution in [0.2, 0.25) is 0 Å². The van der Waals surface area contributed by atoms with E-state index in [1.165, 1.54) is 12.1 Å². The summed E-state index contributed by atoms with van der Waals surface area (Å²) in [6.07, 6.45) is 1.67. The molecule has 0 spiro atoms. The summed E-state index contributed by atoms with van der Waals surface area (Å²) in [6.45, 7) is 2.85. The van der Waals surface area contributed by atoms with E-state index in [0.29, 0.717) is 18.8 Å². The molecule has 0 atom stereocenters. The van der Waals surface area contributed by atoms with Crippen LogP contribution in [0.25, 0.3) is 22.2 Å². The van der Waals surface area contributed by atoms with E-state index >= 15 is 0 Å². The van der Waals surface area contributed by atoms with Crippen molar-refractivity contribution in [2.24, 2.45) is 0 Å². The van der Waals surface area contributed by atoms with Gasteiger partial charge in [-0.25, -0.2) is 14.1 Å². The van der Waals surface area contributed by atoms with Crippen LogP contribution in [-0.2, 0) is 16.1 Å². The molecule has 2 aromatic heterocycles. The van der Waals surface area contributed by atoms with E-state index in [1.54, 1.807) is 30.1 Å². The summed E-state index contributed by atoms with van der Waals surface area (Å²) in [7, 11) is 1.58. The molecule has 0 saturated carbocycles. The molecular weight excluding hydrogens is 323 g/mol. The summed E-state index contributed by atoms with van der Waals surface area (Å²) in [4.78, 5) is 16.4. The number of nitrogens with zero attached hydrogens (tertiary/aromatic N) is 3. The second-order valence-corrected chi connectivity index (χ2v) is 5.65. The third-order valence-electron chi connectivity index (χ3n) is 3.88. The molecule has 1 N–H and O–H groups in total. The molecule has 25 heavy (non-hydrogen) atoms.